The lowest BCUT2D eigenvalue weighted by Crippen LogP contribution is -2.43. The molecular formula is C15H22N2O2. The first kappa shape index (κ1) is 14.2. The van der Waals surface area contributed by atoms with Gasteiger partial charge in [-0.2, -0.15) is 0 Å². The van der Waals surface area contributed by atoms with E-state index in [-0.39, 0.29) is 5.41 Å². The molecule has 0 amide bonds. The molecule has 0 saturated carbocycles. The van der Waals surface area contributed by atoms with Crippen molar-refractivity contribution in [2.75, 3.05) is 0 Å². The van der Waals surface area contributed by atoms with Gasteiger partial charge in [-0.3, -0.25) is 0 Å². The van der Waals surface area contributed by atoms with Crippen molar-refractivity contribution in [2.45, 2.75) is 38.1 Å². The van der Waals surface area contributed by atoms with Gasteiger partial charge in [0.2, 0.25) is 0 Å². The summed E-state index contributed by atoms with van der Waals surface area (Å²) >= 11 is 0. The molecule has 2 aliphatic rings. The van der Waals surface area contributed by atoms with Crippen LogP contribution in [0.4, 0.5) is 0 Å². The zero-order valence-corrected chi connectivity index (χ0v) is 11.4. The van der Waals surface area contributed by atoms with Crippen LogP contribution in [-0.2, 0) is 0 Å². The Kier molecular flexibility index (Phi) is 3.31. The summed E-state index contributed by atoms with van der Waals surface area (Å²) in [6.07, 6.45) is 11.4. The lowest BCUT2D eigenvalue weighted by Gasteiger charge is -2.38. The fourth-order valence-corrected chi connectivity index (χ4v) is 2.57. The smallest absolute Gasteiger partial charge is 0.136 e. The minimum atomic E-state index is -1.30. The molecule has 0 aromatic rings. The predicted octanol–water partition coefficient (Wildman–Crippen LogP) is 1.08. The lowest BCUT2D eigenvalue weighted by molar-refractivity contribution is 0.0853. The maximum atomic E-state index is 9.95. The Labute approximate surface area is 113 Å². The fraction of sp³-hybridized carbons (Fsp3) is 0.467. The van der Waals surface area contributed by atoms with E-state index in [0.717, 1.165) is 11.1 Å². The largest absolute Gasteiger partial charge is 0.372 e. The minimum Gasteiger partial charge on any atom is -0.372 e. The molecule has 2 unspecified atom stereocenters. The van der Waals surface area contributed by atoms with Crippen molar-refractivity contribution in [1.29, 1.82) is 0 Å². The summed E-state index contributed by atoms with van der Waals surface area (Å²) in [5, 5.41) is 19.9. The highest BCUT2D eigenvalue weighted by atomic mass is 16.3. The summed E-state index contributed by atoms with van der Waals surface area (Å²) in [6, 6.07) is 0. The van der Waals surface area contributed by atoms with E-state index < -0.39 is 11.4 Å². The molecule has 0 heterocycles. The molecule has 19 heavy (non-hydrogen) atoms. The number of nitrogens with two attached hydrogens (primary N) is 2. The Morgan fingerprint density at radius 3 is 1.63 bits per heavy atom. The molecule has 0 saturated heterocycles. The van der Waals surface area contributed by atoms with Gasteiger partial charge >= 0.3 is 0 Å². The van der Waals surface area contributed by atoms with Crippen LogP contribution in [0.5, 0.6) is 0 Å². The predicted molar refractivity (Wildman–Crippen MR) is 75.7 cm³/mol. The second-order valence-electron chi connectivity index (χ2n) is 6.06. The van der Waals surface area contributed by atoms with E-state index in [9.17, 15) is 10.2 Å². The Morgan fingerprint density at radius 1 is 0.947 bits per heavy atom. The van der Waals surface area contributed by atoms with Crippen molar-refractivity contribution < 1.29 is 10.2 Å². The molecule has 4 nitrogen and oxygen atoms in total. The molecule has 0 bridgehead atoms. The van der Waals surface area contributed by atoms with Gasteiger partial charge in [0.1, 0.15) is 11.4 Å². The van der Waals surface area contributed by atoms with E-state index >= 15 is 0 Å². The third kappa shape index (κ3) is 3.04. The molecule has 0 spiro atoms. The Morgan fingerprint density at radius 2 is 1.32 bits per heavy atom. The standard InChI is InChI=1S/C15H22N2O2/c1-13(2,11-5-3-7-14(16,18)9-11)12-6-4-8-15(17,19)10-12/h3-8,18-19H,9-10,16-17H2,1-2H3. The zero-order valence-electron chi connectivity index (χ0n) is 11.4. The number of hydrogen-bond donors (Lipinski definition) is 4. The number of allylic oxidation sites excluding steroid dienone is 4. The highest BCUT2D eigenvalue weighted by Crippen LogP contribution is 2.43. The molecule has 0 aromatic carbocycles. The summed E-state index contributed by atoms with van der Waals surface area (Å²) in [5.74, 6) is 0. The molecule has 104 valence electrons. The Hall–Kier alpha value is -1.20. The van der Waals surface area contributed by atoms with E-state index in [0.29, 0.717) is 12.8 Å². The topological polar surface area (TPSA) is 92.5 Å². The van der Waals surface area contributed by atoms with Crippen molar-refractivity contribution in [3.05, 3.63) is 47.6 Å². The monoisotopic (exact) mass is 262 g/mol. The van der Waals surface area contributed by atoms with Gasteiger partial charge in [-0.15, -0.1) is 0 Å². The van der Waals surface area contributed by atoms with Gasteiger partial charge < -0.3 is 21.7 Å². The molecule has 4 heteroatoms. The second-order valence-corrected chi connectivity index (χ2v) is 6.06. The van der Waals surface area contributed by atoms with Crippen molar-refractivity contribution in [3.8, 4) is 0 Å². The van der Waals surface area contributed by atoms with Crippen LogP contribution >= 0.6 is 0 Å². The van der Waals surface area contributed by atoms with Gasteiger partial charge in [-0.25, -0.2) is 0 Å². The van der Waals surface area contributed by atoms with Crippen LogP contribution in [0, 0.1) is 5.41 Å². The van der Waals surface area contributed by atoms with E-state index in [1.54, 1.807) is 24.3 Å². The maximum absolute atomic E-state index is 9.95. The first-order valence-electron chi connectivity index (χ1n) is 6.43. The van der Waals surface area contributed by atoms with Gasteiger partial charge in [0.05, 0.1) is 0 Å². The van der Waals surface area contributed by atoms with E-state index in [1.807, 2.05) is 12.2 Å². The Bertz CT molecular complexity index is 450. The number of hydrogen-bond acceptors (Lipinski definition) is 4. The van der Waals surface area contributed by atoms with Crippen LogP contribution in [0.2, 0.25) is 0 Å². The van der Waals surface area contributed by atoms with E-state index in [4.69, 9.17) is 11.5 Å². The van der Waals surface area contributed by atoms with Gasteiger partial charge in [0.25, 0.3) is 0 Å². The number of rotatable bonds is 2. The SMILES string of the molecule is CC(C)(C1=CC=CC(N)(O)C1)C1=CC=CC(N)(O)C1. The average Bonchev–Trinajstić information content (AvgIpc) is 2.26. The van der Waals surface area contributed by atoms with Crippen LogP contribution in [0.3, 0.4) is 0 Å². The molecule has 2 aliphatic carbocycles. The maximum Gasteiger partial charge on any atom is 0.136 e. The second kappa shape index (κ2) is 4.42. The molecule has 0 aliphatic heterocycles. The third-order valence-electron chi connectivity index (χ3n) is 3.92. The molecule has 0 fully saturated rings. The highest BCUT2D eigenvalue weighted by Gasteiger charge is 2.36. The quantitative estimate of drug-likeness (QED) is 0.560. The molecule has 0 radical (unpaired) electrons. The van der Waals surface area contributed by atoms with Gasteiger partial charge in [0.15, 0.2) is 0 Å². The van der Waals surface area contributed by atoms with Crippen LogP contribution in [-0.4, -0.2) is 21.7 Å². The molecule has 2 atom stereocenters. The van der Waals surface area contributed by atoms with Crippen LogP contribution in [0.25, 0.3) is 0 Å². The van der Waals surface area contributed by atoms with Gasteiger partial charge in [-0.05, 0) is 12.2 Å². The average molecular weight is 262 g/mol. The molecule has 0 aromatic heterocycles. The van der Waals surface area contributed by atoms with Crippen LogP contribution < -0.4 is 11.5 Å². The van der Waals surface area contributed by atoms with Crippen molar-refractivity contribution in [3.63, 3.8) is 0 Å². The highest BCUT2D eigenvalue weighted by molar-refractivity contribution is 5.39. The fourth-order valence-electron chi connectivity index (χ4n) is 2.57. The van der Waals surface area contributed by atoms with Gasteiger partial charge in [-0.1, -0.05) is 49.3 Å². The van der Waals surface area contributed by atoms with E-state index in [1.165, 1.54) is 0 Å². The lowest BCUT2D eigenvalue weighted by atomic mass is 9.70. The van der Waals surface area contributed by atoms with Crippen molar-refractivity contribution in [1.82, 2.24) is 0 Å². The minimum absolute atomic E-state index is 0.309. The summed E-state index contributed by atoms with van der Waals surface area (Å²) in [5.41, 5.74) is 10.7. The van der Waals surface area contributed by atoms with E-state index in [2.05, 4.69) is 13.8 Å². The van der Waals surface area contributed by atoms with Crippen molar-refractivity contribution in [2.24, 2.45) is 16.9 Å². The molecule has 2 rings (SSSR count). The third-order valence-corrected chi connectivity index (χ3v) is 3.92. The first-order valence-corrected chi connectivity index (χ1v) is 6.43. The van der Waals surface area contributed by atoms with Crippen LogP contribution in [0.1, 0.15) is 26.7 Å². The Balaban J connectivity index is 2.29. The first-order chi connectivity index (χ1) is 8.62. The molecule has 6 N–H and O–H groups in total. The normalized spacial score (nSPS) is 35.1. The van der Waals surface area contributed by atoms with Gasteiger partial charge in [0, 0.05) is 18.3 Å². The summed E-state index contributed by atoms with van der Waals surface area (Å²) in [4.78, 5) is 0. The summed E-state index contributed by atoms with van der Waals surface area (Å²) in [6.45, 7) is 4.10. The summed E-state index contributed by atoms with van der Waals surface area (Å²) in [7, 11) is 0. The zero-order chi connectivity index (χ0) is 14.3. The molecular weight excluding hydrogens is 240 g/mol. The number of aliphatic hydroxyl groups is 2. The summed E-state index contributed by atoms with van der Waals surface area (Å²) < 4.78 is 0. The van der Waals surface area contributed by atoms with Crippen molar-refractivity contribution >= 4 is 0 Å². The van der Waals surface area contributed by atoms with Crippen LogP contribution in [0.15, 0.2) is 47.6 Å².